The number of rotatable bonds is 2. The topological polar surface area (TPSA) is 66.7 Å². The summed E-state index contributed by atoms with van der Waals surface area (Å²) in [7, 11) is 0. The Morgan fingerprint density at radius 3 is 2.78 bits per heavy atom. The fourth-order valence-corrected chi connectivity index (χ4v) is 3.26. The predicted molar refractivity (Wildman–Crippen MR) is 99.2 cm³/mol. The molecule has 0 saturated heterocycles. The summed E-state index contributed by atoms with van der Waals surface area (Å²) in [5.74, 6) is -0.514. The maximum atomic E-state index is 13.5. The monoisotopic (exact) mass is 386 g/mol. The number of nitrogens with zero attached hydrogens (tertiary/aromatic N) is 3. The zero-order valence-electron chi connectivity index (χ0n) is 14.3. The van der Waals surface area contributed by atoms with E-state index in [1.807, 2.05) is 12.1 Å². The molecule has 1 N–H and O–H groups in total. The third-order valence-corrected chi connectivity index (χ3v) is 4.83. The van der Waals surface area contributed by atoms with Crippen LogP contribution in [-0.4, -0.2) is 26.9 Å². The second kappa shape index (κ2) is 7.00. The van der Waals surface area contributed by atoms with E-state index in [1.54, 1.807) is 17.0 Å². The Morgan fingerprint density at radius 2 is 2.00 bits per heavy atom. The largest absolute Gasteiger partial charge is 0.334 e. The molecule has 0 fully saturated rings. The average Bonchev–Trinajstić information content (AvgIpc) is 2.68. The zero-order chi connectivity index (χ0) is 19.0. The van der Waals surface area contributed by atoms with Crippen molar-refractivity contribution in [2.75, 3.05) is 6.54 Å². The summed E-state index contributed by atoms with van der Waals surface area (Å²) in [6.07, 6.45) is 1.59. The van der Waals surface area contributed by atoms with E-state index >= 15 is 0 Å². The van der Waals surface area contributed by atoms with Crippen LogP contribution < -0.4 is 10.9 Å². The minimum Gasteiger partial charge on any atom is -0.334 e. The van der Waals surface area contributed by atoms with Crippen LogP contribution in [0.1, 0.15) is 16.8 Å². The number of carbonyl (C=O) groups excluding carboxylic acids is 1. The molecule has 1 aliphatic heterocycles. The molecule has 0 radical (unpaired) electrons. The van der Waals surface area contributed by atoms with E-state index in [9.17, 15) is 14.0 Å². The highest BCUT2D eigenvalue weighted by molar-refractivity contribution is 6.30. The molecule has 138 valence electrons. The van der Waals surface area contributed by atoms with Crippen LogP contribution >= 0.6 is 11.6 Å². The van der Waals surface area contributed by atoms with Gasteiger partial charge < -0.3 is 10.2 Å². The van der Waals surface area contributed by atoms with Gasteiger partial charge in [0.15, 0.2) is 0 Å². The number of benzene rings is 1. The van der Waals surface area contributed by atoms with E-state index in [0.717, 1.165) is 11.8 Å². The number of hydrogen-bond acceptors (Lipinski definition) is 3. The van der Waals surface area contributed by atoms with Crippen LogP contribution in [0.15, 0.2) is 47.4 Å². The molecular formula is C19H16ClFN4O2. The van der Waals surface area contributed by atoms with Crippen LogP contribution in [0.4, 0.5) is 9.18 Å². The van der Waals surface area contributed by atoms with Crippen molar-refractivity contribution in [3.05, 3.63) is 80.6 Å². The lowest BCUT2D eigenvalue weighted by molar-refractivity contribution is 0.191. The number of nitrogens with one attached hydrogen (secondary N) is 1. The Hall–Kier alpha value is -2.93. The molecule has 0 atom stereocenters. The van der Waals surface area contributed by atoms with Crippen molar-refractivity contribution >= 4 is 23.3 Å². The lowest BCUT2D eigenvalue weighted by Gasteiger charge is -2.28. The molecule has 2 amide bonds. The fraction of sp³-hybridized carbons (Fsp3) is 0.211. The number of halogens is 2. The van der Waals surface area contributed by atoms with Crippen LogP contribution in [0.25, 0.3) is 5.65 Å². The number of aromatic nitrogens is 2. The number of pyridine rings is 1. The number of carbonyl (C=O) groups is 1. The average molecular weight is 387 g/mol. The first kappa shape index (κ1) is 17.5. The van der Waals surface area contributed by atoms with Gasteiger partial charge in [0.2, 0.25) is 0 Å². The zero-order valence-corrected chi connectivity index (χ0v) is 15.0. The molecule has 6 nitrogen and oxygen atoms in total. The normalized spacial score (nSPS) is 13.5. The van der Waals surface area contributed by atoms with Gasteiger partial charge in [0.05, 0.1) is 17.8 Å². The minimum atomic E-state index is -0.514. The highest BCUT2D eigenvalue weighted by atomic mass is 35.5. The molecule has 2 aromatic heterocycles. The smallest absolute Gasteiger partial charge is 0.317 e. The number of urea groups is 1. The molecule has 1 aliphatic rings. The Morgan fingerprint density at radius 1 is 1.22 bits per heavy atom. The summed E-state index contributed by atoms with van der Waals surface area (Å²) in [6, 6.07) is 9.68. The highest BCUT2D eigenvalue weighted by Gasteiger charge is 2.25. The minimum absolute atomic E-state index is 0.146. The lowest BCUT2D eigenvalue weighted by atomic mass is 10.1. The van der Waals surface area contributed by atoms with Crippen LogP contribution in [0, 0.1) is 5.82 Å². The van der Waals surface area contributed by atoms with Crippen molar-refractivity contribution < 1.29 is 9.18 Å². The molecule has 1 aromatic carbocycles. The van der Waals surface area contributed by atoms with Crippen molar-refractivity contribution in [3.63, 3.8) is 0 Å². The second-order valence-electron chi connectivity index (χ2n) is 6.37. The Balaban J connectivity index is 1.52. The summed E-state index contributed by atoms with van der Waals surface area (Å²) >= 11 is 5.85. The van der Waals surface area contributed by atoms with E-state index < -0.39 is 5.82 Å². The maximum absolute atomic E-state index is 13.5. The first-order valence-corrected chi connectivity index (χ1v) is 8.86. The van der Waals surface area contributed by atoms with Gasteiger partial charge in [-0.05, 0) is 29.8 Å². The maximum Gasteiger partial charge on any atom is 0.317 e. The van der Waals surface area contributed by atoms with Gasteiger partial charge in [0.1, 0.15) is 11.5 Å². The Bertz CT molecular complexity index is 1080. The van der Waals surface area contributed by atoms with Gasteiger partial charge in [-0.3, -0.25) is 9.20 Å². The predicted octanol–water partition coefficient (Wildman–Crippen LogP) is 2.75. The van der Waals surface area contributed by atoms with Gasteiger partial charge in [0, 0.05) is 30.7 Å². The van der Waals surface area contributed by atoms with Crippen LogP contribution in [0.3, 0.4) is 0 Å². The van der Waals surface area contributed by atoms with E-state index in [-0.39, 0.29) is 18.1 Å². The molecule has 0 bridgehead atoms. The summed E-state index contributed by atoms with van der Waals surface area (Å²) in [5.41, 5.74) is 2.07. The van der Waals surface area contributed by atoms with E-state index in [4.69, 9.17) is 11.6 Å². The SMILES string of the molecule is O=C(NCc1ccc(Cl)cc1)N1CCc2nc3ccc(F)cn3c(=O)c2C1. The fourth-order valence-electron chi connectivity index (χ4n) is 3.14. The molecule has 3 aromatic rings. The van der Waals surface area contributed by atoms with Crippen molar-refractivity contribution in [2.45, 2.75) is 19.5 Å². The van der Waals surface area contributed by atoms with Crippen molar-refractivity contribution in [3.8, 4) is 0 Å². The highest BCUT2D eigenvalue weighted by Crippen LogP contribution is 2.16. The summed E-state index contributed by atoms with van der Waals surface area (Å²) in [4.78, 5) is 31.2. The Kier molecular flexibility index (Phi) is 4.53. The van der Waals surface area contributed by atoms with Gasteiger partial charge in [0.25, 0.3) is 5.56 Å². The molecule has 27 heavy (non-hydrogen) atoms. The lowest BCUT2D eigenvalue weighted by Crippen LogP contribution is -2.44. The van der Waals surface area contributed by atoms with Gasteiger partial charge >= 0.3 is 6.03 Å². The second-order valence-corrected chi connectivity index (χ2v) is 6.81. The van der Waals surface area contributed by atoms with Crippen LogP contribution in [0.2, 0.25) is 5.02 Å². The van der Waals surface area contributed by atoms with Crippen LogP contribution in [0.5, 0.6) is 0 Å². The van der Waals surface area contributed by atoms with Gasteiger partial charge in [-0.1, -0.05) is 23.7 Å². The molecular weight excluding hydrogens is 371 g/mol. The summed E-state index contributed by atoms with van der Waals surface area (Å²) in [5, 5.41) is 3.47. The van der Waals surface area contributed by atoms with Gasteiger partial charge in [-0.15, -0.1) is 0 Å². The first-order valence-electron chi connectivity index (χ1n) is 8.48. The van der Waals surface area contributed by atoms with Crippen molar-refractivity contribution in [1.29, 1.82) is 0 Å². The van der Waals surface area contributed by atoms with Gasteiger partial charge in [-0.25, -0.2) is 14.2 Å². The molecule has 0 aliphatic carbocycles. The van der Waals surface area contributed by atoms with E-state index in [2.05, 4.69) is 10.3 Å². The Labute approximate surface area is 159 Å². The molecule has 3 heterocycles. The molecule has 4 rings (SSSR count). The van der Waals surface area contributed by atoms with E-state index in [0.29, 0.717) is 41.4 Å². The standard InChI is InChI=1S/C19H16ClFN4O2/c20-13-3-1-12(2-4-13)9-22-19(27)24-8-7-16-15(11-24)18(26)25-10-14(21)5-6-17(25)23-16/h1-6,10H,7-9,11H2,(H,22,27). The van der Waals surface area contributed by atoms with Crippen molar-refractivity contribution in [1.82, 2.24) is 19.6 Å². The molecule has 0 saturated carbocycles. The first-order chi connectivity index (χ1) is 13.0. The quantitative estimate of drug-likeness (QED) is 0.736. The van der Waals surface area contributed by atoms with Gasteiger partial charge in [-0.2, -0.15) is 0 Å². The van der Waals surface area contributed by atoms with Crippen LogP contribution in [-0.2, 0) is 19.5 Å². The summed E-state index contributed by atoms with van der Waals surface area (Å²) < 4.78 is 14.7. The van der Waals surface area contributed by atoms with E-state index in [1.165, 1.54) is 16.5 Å². The number of amides is 2. The van der Waals surface area contributed by atoms with Crippen molar-refractivity contribution in [2.24, 2.45) is 0 Å². The number of hydrogen-bond donors (Lipinski definition) is 1. The third-order valence-electron chi connectivity index (χ3n) is 4.58. The third kappa shape index (κ3) is 3.50. The molecule has 8 heteroatoms. The molecule has 0 unspecified atom stereocenters. The summed E-state index contributed by atoms with van der Waals surface area (Å²) in [6.45, 7) is 0.968. The molecule has 0 spiro atoms. The number of fused-ring (bicyclic) bond motifs is 2.